The molecule has 1 aliphatic rings. The number of piperazine rings is 1. The zero-order valence-corrected chi connectivity index (χ0v) is 20.9. The van der Waals surface area contributed by atoms with Gasteiger partial charge in [0.15, 0.2) is 5.96 Å². The van der Waals surface area contributed by atoms with Crippen LogP contribution in [0.5, 0.6) is 5.75 Å². The van der Waals surface area contributed by atoms with Crippen molar-refractivity contribution in [3.05, 3.63) is 29.8 Å². The second kappa shape index (κ2) is 14.8. The normalized spacial score (nSPS) is 16.8. The van der Waals surface area contributed by atoms with Crippen LogP contribution in [0, 0.1) is 6.92 Å². The SMILES string of the molecule is CCN1CCN(CCCCNC(=NC)NCC(C)Oc2cccc(C)c2)CC1.I. The maximum absolute atomic E-state index is 5.96. The fourth-order valence-electron chi connectivity index (χ4n) is 3.42. The predicted molar refractivity (Wildman–Crippen MR) is 134 cm³/mol. The maximum atomic E-state index is 5.96. The van der Waals surface area contributed by atoms with Gasteiger partial charge in [0, 0.05) is 39.8 Å². The van der Waals surface area contributed by atoms with Gasteiger partial charge in [0.2, 0.25) is 0 Å². The van der Waals surface area contributed by atoms with Gasteiger partial charge in [-0.05, 0) is 57.5 Å². The van der Waals surface area contributed by atoms with E-state index in [1.807, 2.05) is 19.2 Å². The number of likely N-dealkylation sites (N-methyl/N-ethyl adjacent to an activating group) is 1. The van der Waals surface area contributed by atoms with Gasteiger partial charge in [-0.1, -0.05) is 19.1 Å². The van der Waals surface area contributed by atoms with Gasteiger partial charge in [-0.2, -0.15) is 0 Å². The molecule has 1 unspecified atom stereocenters. The van der Waals surface area contributed by atoms with Crippen molar-refractivity contribution in [2.45, 2.75) is 39.7 Å². The minimum absolute atomic E-state index is 0. The summed E-state index contributed by atoms with van der Waals surface area (Å²) in [5.74, 6) is 1.76. The van der Waals surface area contributed by atoms with Crippen LogP contribution in [0.3, 0.4) is 0 Å². The molecule has 0 aliphatic carbocycles. The fourth-order valence-corrected chi connectivity index (χ4v) is 3.42. The summed E-state index contributed by atoms with van der Waals surface area (Å²) in [5.41, 5.74) is 1.21. The highest BCUT2D eigenvalue weighted by Gasteiger charge is 2.14. The minimum atomic E-state index is 0. The molecule has 0 aromatic heterocycles. The number of halogens is 1. The van der Waals surface area contributed by atoms with E-state index >= 15 is 0 Å². The van der Waals surface area contributed by atoms with E-state index in [1.54, 1.807) is 0 Å². The molecule has 0 radical (unpaired) electrons. The number of benzene rings is 1. The Balaban J connectivity index is 0.00000420. The van der Waals surface area contributed by atoms with Gasteiger partial charge in [-0.15, -0.1) is 24.0 Å². The fraction of sp³-hybridized carbons (Fsp3) is 0.682. The van der Waals surface area contributed by atoms with E-state index in [4.69, 9.17) is 4.74 Å². The number of aryl methyl sites for hydroxylation is 1. The third-order valence-electron chi connectivity index (χ3n) is 5.21. The Labute approximate surface area is 194 Å². The molecule has 0 amide bonds. The van der Waals surface area contributed by atoms with E-state index in [0.29, 0.717) is 0 Å². The molecule has 0 spiro atoms. The average Bonchev–Trinajstić information content (AvgIpc) is 2.70. The summed E-state index contributed by atoms with van der Waals surface area (Å²) >= 11 is 0. The van der Waals surface area contributed by atoms with Crippen molar-refractivity contribution in [2.75, 3.05) is 59.4 Å². The van der Waals surface area contributed by atoms with Crippen LogP contribution in [-0.2, 0) is 0 Å². The zero-order valence-electron chi connectivity index (χ0n) is 18.6. The molecule has 2 N–H and O–H groups in total. The van der Waals surface area contributed by atoms with Gasteiger partial charge >= 0.3 is 0 Å². The largest absolute Gasteiger partial charge is 0.489 e. The Hall–Kier alpha value is -1.06. The quantitative estimate of drug-likeness (QED) is 0.216. The van der Waals surface area contributed by atoms with Crippen LogP contribution in [0.25, 0.3) is 0 Å². The summed E-state index contributed by atoms with van der Waals surface area (Å²) in [6, 6.07) is 8.16. The van der Waals surface area contributed by atoms with Crippen molar-refractivity contribution < 1.29 is 4.74 Å². The third-order valence-corrected chi connectivity index (χ3v) is 5.21. The lowest BCUT2D eigenvalue weighted by molar-refractivity contribution is 0.136. The molecule has 1 aromatic carbocycles. The van der Waals surface area contributed by atoms with Crippen LogP contribution in [0.1, 0.15) is 32.3 Å². The first-order chi connectivity index (χ1) is 13.6. The lowest BCUT2D eigenvalue weighted by Crippen LogP contribution is -2.46. The lowest BCUT2D eigenvalue weighted by Gasteiger charge is -2.34. The highest BCUT2D eigenvalue weighted by atomic mass is 127. The Bertz CT molecular complexity index is 590. The molecule has 1 aliphatic heterocycles. The van der Waals surface area contributed by atoms with Gasteiger partial charge in [-0.25, -0.2) is 0 Å². The molecule has 2 rings (SSSR count). The number of aliphatic imine (C=N–C) groups is 1. The first-order valence-corrected chi connectivity index (χ1v) is 10.7. The number of nitrogens with one attached hydrogen (secondary N) is 2. The summed E-state index contributed by atoms with van der Waals surface area (Å²) in [7, 11) is 1.81. The van der Waals surface area contributed by atoms with Gasteiger partial charge < -0.3 is 25.2 Å². The molecule has 29 heavy (non-hydrogen) atoms. The molecule has 1 fully saturated rings. The molecular formula is C22H40IN5O. The van der Waals surface area contributed by atoms with Crippen molar-refractivity contribution in [3.8, 4) is 5.75 Å². The zero-order chi connectivity index (χ0) is 20.2. The van der Waals surface area contributed by atoms with E-state index < -0.39 is 0 Å². The van der Waals surface area contributed by atoms with Crippen LogP contribution in [0.4, 0.5) is 0 Å². The standard InChI is InChI=1S/C22H39N5O.HI/c1-5-26-13-15-27(16-14-26)12-7-6-11-24-22(23-4)25-18-20(3)28-21-10-8-9-19(2)17-21;/h8-10,17,20H,5-7,11-16,18H2,1-4H3,(H2,23,24,25);1H. The number of hydrogen-bond acceptors (Lipinski definition) is 4. The monoisotopic (exact) mass is 517 g/mol. The van der Waals surface area contributed by atoms with Gasteiger partial charge in [0.25, 0.3) is 0 Å². The van der Waals surface area contributed by atoms with E-state index in [2.05, 4.69) is 58.3 Å². The van der Waals surface area contributed by atoms with E-state index in [0.717, 1.165) is 31.2 Å². The summed E-state index contributed by atoms with van der Waals surface area (Å²) in [4.78, 5) is 9.42. The summed E-state index contributed by atoms with van der Waals surface area (Å²) < 4.78 is 5.96. The molecule has 6 nitrogen and oxygen atoms in total. The average molecular weight is 518 g/mol. The maximum Gasteiger partial charge on any atom is 0.191 e. The predicted octanol–water partition coefficient (Wildman–Crippen LogP) is 2.96. The van der Waals surface area contributed by atoms with Gasteiger partial charge in [0.1, 0.15) is 11.9 Å². The molecule has 7 heteroatoms. The third kappa shape index (κ3) is 10.5. The topological polar surface area (TPSA) is 52.1 Å². The molecular weight excluding hydrogens is 477 g/mol. The van der Waals surface area contributed by atoms with Crippen molar-refractivity contribution in [3.63, 3.8) is 0 Å². The second-order valence-corrected chi connectivity index (χ2v) is 7.61. The number of hydrogen-bond donors (Lipinski definition) is 2. The van der Waals surface area contributed by atoms with Crippen molar-refractivity contribution in [1.29, 1.82) is 0 Å². The first kappa shape index (κ1) is 26.0. The Kier molecular flexibility index (Phi) is 13.3. The first-order valence-electron chi connectivity index (χ1n) is 10.7. The van der Waals surface area contributed by atoms with E-state index in [9.17, 15) is 0 Å². The highest BCUT2D eigenvalue weighted by molar-refractivity contribution is 14.0. The van der Waals surface area contributed by atoms with E-state index in [1.165, 1.54) is 51.3 Å². The molecule has 1 saturated heterocycles. The summed E-state index contributed by atoms with van der Waals surface area (Å²) in [6.07, 6.45) is 2.45. The molecule has 1 atom stereocenters. The summed E-state index contributed by atoms with van der Waals surface area (Å²) in [6.45, 7) is 15.3. The molecule has 1 heterocycles. The highest BCUT2D eigenvalue weighted by Crippen LogP contribution is 2.13. The van der Waals surface area contributed by atoms with Gasteiger partial charge in [0.05, 0.1) is 6.54 Å². The number of nitrogens with zero attached hydrogens (tertiary/aromatic N) is 3. The Morgan fingerprint density at radius 1 is 1.14 bits per heavy atom. The number of rotatable bonds is 10. The van der Waals surface area contributed by atoms with Crippen LogP contribution in [-0.4, -0.2) is 81.3 Å². The molecule has 1 aromatic rings. The molecule has 0 bridgehead atoms. The second-order valence-electron chi connectivity index (χ2n) is 7.61. The number of ether oxygens (including phenoxy) is 1. The minimum Gasteiger partial charge on any atom is -0.489 e. The smallest absolute Gasteiger partial charge is 0.191 e. The van der Waals surface area contributed by atoms with Crippen LogP contribution >= 0.6 is 24.0 Å². The van der Waals surface area contributed by atoms with Crippen LogP contribution < -0.4 is 15.4 Å². The van der Waals surface area contributed by atoms with Gasteiger partial charge in [-0.3, -0.25) is 4.99 Å². The Morgan fingerprint density at radius 2 is 1.86 bits per heavy atom. The van der Waals surface area contributed by atoms with Crippen LogP contribution in [0.15, 0.2) is 29.3 Å². The van der Waals surface area contributed by atoms with Crippen molar-refractivity contribution >= 4 is 29.9 Å². The Morgan fingerprint density at radius 3 is 2.52 bits per heavy atom. The van der Waals surface area contributed by atoms with Crippen molar-refractivity contribution in [2.24, 2.45) is 4.99 Å². The molecule has 0 saturated carbocycles. The number of unbranched alkanes of at least 4 members (excludes halogenated alkanes) is 1. The van der Waals surface area contributed by atoms with Crippen LogP contribution in [0.2, 0.25) is 0 Å². The molecule has 166 valence electrons. The summed E-state index contributed by atoms with van der Waals surface area (Å²) in [5, 5.41) is 6.76. The van der Waals surface area contributed by atoms with Crippen molar-refractivity contribution in [1.82, 2.24) is 20.4 Å². The lowest BCUT2D eigenvalue weighted by atomic mass is 10.2. The van der Waals surface area contributed by atoms with E-state index in [-0.39, 0.29) is 30.1 Å². The number of guanidine groups is 1.